The van der Waals surface area contributed by atoms with E-state index in [1.807, 2.05) is 12.2 Å². The Bertz CT molecular complexity index is 417. The third-order valence-corrected chi connectivity index (χ3v) is 3.70. The van der Waals surface area contributed by atoms with E-state index in [-0.39, 0.29) is 24.1 Å². The molecule has 2 aliphatic rings. The van der Waals surface area contributed by atoms with Crippen molar-refractivity contribution in [1.82, 2.24) is 0 Å². The Morgan fingerprint density at radius 2 is 2.17 bits per heavy atom. The van der Waals surface area contributed by atoms with Crippen LogP contribution in [0.3, 0.4) is 0 Å². The van der Waals surface area contributed by atoms with Crippen LogP contribution in [0.1, 0.15) is 26.7 Å². The number of fused-ring (bicyclic) bond motifs is 1. The Hall–Kier alpha value is -1.35. The van der Waals surface area contributed by atoms with Gasteiger partial charge < -0.3 is 9.84 Å². The molecule has 1 N–H and O–H groups in total. The van der Waals surface area contributed by atoms with Gasteiger partial charge in [0.2, 0.25) is 0 Å². The van der Waals surface area contributed by atoms with Gasteiger partial charge >= 0.3 is 5.97 Å². The molecule has 3 nitrogen and oxygen atoms in total. The van der Waals surface area contributed by atoms with E-state index in [1.165, 1.54) is 5.57 Å². The highest BCUT2D eigenvalue weighted by Crippen LogP contribution is 2.35. The Morgan fingerprint density at radius 1 is 1.44 bits per heavy atom. The normalized spacial score (nSPS) is 29.6. The minimum absolute atomic E-state index is 0.00483. The molecule has 2 rings (SSSR count). The lowest BCUT2D eigenvalue weighted by Crippen LogP contribution is -2.17. The van der Waals surface area contributed by atoms with Crippen molar-refractivity contribution in [3.05, 3.63) is 36.0 Å². The molecular formula is C15H20O3. The molecule has 0 aromatic heterocycles. The van der Waals surface area contributed by atoms with Crippen LogP contribution in [-0.4, -0.2) is 23.3 Å². The van der Waals surface area contributed by atoms with Crippen LogP contribution in [0.2, 0.25) is 0 Å². The van der Waals surface area contributed by atoms with Gasteiger partial charge in [-0.25, -0.2) is 4.79 Å². The molecule has 3 heteroatoms. The van der Waals surface area contributed by atoms with Gasteiger partial charge in [-0.1, -0.05) is 25.7 Å². The average Bonchev–Trinajstić information content (AvgIpc) is 2.61. The van der Waals surface area contributed by atoms with E-state index in [9.17, 15) is 9.90 Å². The molecule has 0 aromatic rings. The first-order chi connectivity index (χ1) is 8.49. The third-order valence-electron chi connectivity index (χ3n) is 3.70. The summed E-state index contributed by atoms with van der Waals surface area (Å²) in [6.45, 7) is 7.69. The van der Waals surface area contributed by atoms with Crippen LogP contribution in [0.5, 0.6) is 0 Å². The van der Waals surface area contributed by atoms with Crippen LogP contribution in [0.15, 0.2) is 36.0 Å². The number of aliphatic hydroxyl groups is 1. The van der Waals surface area contributed by atoms with Gasteiger partial charge in [-0.05, 0) is 37.3 Å². The monoisotopic (exact) mass is 248 g/mol. The van der Waals surface area contributed by atoms with Crippen LogP contribution >= 0.6 is 0 Å². The molecule has 1 saturated heterocycles. The van der Waals surface area contributed by atoms with Gasteiger partial charge in [0, 0.05) is 11.5 Å². The first kappa shape index (κ1) is 13.1. The predicted molar refractivity (Wildman–Crippen MR) is 69.8 cm³/mol. The number of hydrogen-bond donors (Lipinski definition) is 1. The first-order valence-electron chi connectivity index (χ1n) is 6.46. The maximum Gasteiger partial charge on any atom is 0.334 e. The zero-order chi connectivity index (χ0) is 13.3. The lowest BCUT2D eigenvalue weighted by Gasteiger charge is -2.21. The van der Waals surface area contributed by atoms with Gasteiger partial charge in [0.1, 0.15) is 6.10 Å². The molecule has 0 amide bonds. The quantitative estimate of drug-likeness (QED) is 0.613. The zero-order valence-corrected chi connectivity index (χ0v) is 10.9. The molecule has 0 saturated carbocycles. The summed E-state index contributed by atoms with van der Waals surface area (Å²) < 4.78 is 5.27. The van der Waals surface area contributed by atoms with Crippen LogP contribution in [0.4, 0.5) is 0 Å². The summed E-state index contributed by atoms with van der Waals surface area (Å²) in [6.07, 6.45) is 7.35. The average molecular weight is 248 g/mol. The van der Waals surface area contributed by atoms with Crippen molar-refractivity contribution in [3.8, 4) is 0 Å². The molecule has 0 spiro atoms. The minimum atomic E-state index is -0.288. The van der Waals surface area contributed by atoms with Gasteiger partial charge in [0.15, 0.2) is 0 Å². The van der Waals surface area contributed by atoms with Crippen molar-refractivity contribution < 1.29 is 14.6 Å². The fourth-order valence-electron chi connectivity index (χ4n) is 2.42. The van der Waals surface area contributed by atoms with Gasteiger partial charge in [-0.15, -0.1) is 0 Å². The lowest BCUT2D eigenvalue weighted by molar-refractivity contribution is -0.137. The molecule has 1 fully saturated rings. The van der Waals surface area contributed by atoms with Crippen LogP contribution < -0.4 is 0 Å². The van der Waals surface area contributed by atoms with Crippen molar-refractivity contribution >= 4 is 5.97 Å². The molecular weight excluding hydrogens is 228 g/mol. The minimum Gasteiger partial charge on any atom is -0.454 e. The first-order valence-corrected chi connectivity index (χ1v) is 6.46. The van der Waals surface area contributed by atoms with E-state index in [0.29, 0.717) is 11.5 Å². The van der Waals surface area contributed by atoms with Crippen LogP contribution in [0, 0.1) is 11.8 Å². The summed E-state index contributed by atoms with van der Waals surface area (Å²) in [4.78, 5) is 11.4. The third kappa shape index (κ3) is 2.56. The van der Waals surface area contributed by atoms with Crippen LogP contribution in [-0.2, 0) is 9.53 Å². The van der Waals surface area contributed by atoms with E-state index >= 15 is 0 Å². The van der Waals surface area contributed by atoms with E-state index < -0.39 is 0 Å². The highest BCUT2D eigenvalue weighted by atomic mass is 16.5. The van der Waals surface area contributed by atoms with Crippen molar-refractivity contribution in [1.29, 1.82) is 0 Å². The number of aliphatic hydroxyl groups excluding tert-OH is 1. The highest BCUT2D eigenvalue weighted by molar-refractivity contribution is 5.91. The van der Waals surface area contributed by atoms with E-state index in [0.717, 1.165) is 12.8 Å². The zero-order valence-electron chi connectivity index (χ0n) is 10.9. The Labute approximate surface area is 108 Å². The number of carbonyl (C=O) groups excluding carboxylic acids is 1. The smallest absolute Gasteiger partial charge is 0.334 e. The Balaban J connectivity index is 2.02. The summed E-state index contributed by atoms with van der Waals surface area (Å²) in [6, 6.07) is 0. The van der Waals surface area contributed by atoms with Crippen molar-refractivity contribution in [2.24, 2.45) is 11.8 Å². The fraction of sp³-hybridized carbons (Fsp3) is 0.533. The van der Waals surface area contributed by atoms with Crippen molar-refractivity contribution in [2.75, 3.05) is 0 Å². The Morgan fingerprint density at radius 3 is 2.83 bits per heavy atom. The maximum absolute atomic E-state index is 11.4. The van der Waals surface area contributed by atoms with Gasteiger partial charge in [-0.3, -0.25) is 0 Å². The number of ether oxygens (including phenoxy) is 1. The summed E-state index contributed by atoms with van der Waals surface area (Å²) >= 11 is 0. The molecule has 4 atom stereocenters. The molecule has 1 heterocycles. The lowest BCUT2D eigenvalue weighted by atomic mass is 9.85. The van der Waals surface area contributed by atoms with Gasteiger partial charge in [0.25, 0.3) is 0 Å². The number of allylic oxidation sites excluding steroid dienone is 2. The van der Waals surface area contributed by atoms with Gasteiger partial charge in [0.05, 0.1) is 6.10 Å². The number of esters is 1. The SMILES string of the molecule is C=C1C(=O)O[C@@H]2C=C([C@H](C)CC[C@H](C)O)C=C[C@H]12. The molecule has 18 heavy (non-hydrogen) atoms. The predicted octanol–water partition coefficient (Wildman–Crippen LogP) is 2.38. The van der Waals surface area contributed by atoms with E-state index in [1.54, 1.807) is 6.92 Å². The standard InChI is InChI=1S/C15H20O3/c1-9(4-5-10(2)16)12-6-7-13-11(3)15(17)18-14(13)8-12/h6-10,13-14,16H,3-5H2,1-2H3/t9-,10+,13-,14-/m1/s1. The molecule has 1 aliphatic carbocycles. The fourth-order valence-corrected chi connectivity index (χ4v) is 2.42. The van der Waals surface area contributed by atoms with Crippen LogP contribution in [0.25, 0.3) is 0 Å². The number of hydrogen-bond acceptors (Lipinski definition) is 3. The largest absolute Gasteiger partial charge is 0.454 e. The highest BCUT2D eigenvalue weighted by Gasteiger charge is 2.37. The summed E-state index contributed by atoms with van der Waals surface area (Å²) in [7, 11) is 0. The number of carbonyl (C=O) groups is 1. The summed E-state index contributed by atoms with van der Waals surface area (Å²) in [5.74, 6) is 0.0818. The summed E-state index contributed by atoms with van der Waals surface area (Å²) in [5.41, 5.74) is 1.72. The molecule has 0 aromatic carbocycles. The summed E-state index contributed by atoms with van der Waals surface area (Å²) in [5, 5.41) is 9.30. The molecule has 0 bridgehead atoms. The van der Waals surface area contributed by atoms with Crippen molar-refractivity contribution in [2.45, 2.75) is 38.9 Å². The van der Waals surface area contributed by atoms with Crippen molar-refractivity contribution in [3.63, 3.8) is 0 Å². The second-order valence-corrected chi connectivity index (χ2v) is 5.27. The Kier molecular flexibility index (Phi) is 3.71. The second-order valence-electron chi connectivity index (χ2n) is 5.27. The molecule has 0 unspecified atom stereocenters. The van der Waals surface area contributed by atoms with E-state index in [2.05, 4.69) is 19.6 Å². The van der Waals surface area contributed by atoms with E-state index in [4.69, 9.17) is 4.74 Å². The second kappa shape index (κ2) is 5.11. The molecule has 0 radical (unpaired) electrons. The molecule has 98 valence electrons. The maximum atomic E-state index is 11.4. The topological polar surface area (TPSA) is 46.5 Å². The molecule has 1 aliphatic heterocycles. The number of rotatable bonds is 4. The van der Waals surface area contributed by atoms with Gasteiger partial charge in [-0.2, -0.15) is 0 Å².